The minimum Gasteiger partial charge on any atom is -0.393 e. The highest BCUT2D eigenvalue weighted by Crippen LogP contribution is 2.16. The predicted octanol–water partition coefficient (Wildman–Crippen LogP) is 1.82. The average molecular weight is 247 g/mol. The summed E-state index contributed by atoms with van der Waals surface area (Å²) in [6.45, 7) is 3.56. The Labute approximate surface area is 108 Å². The van der Waals surface area contributed by atoms with Crippen molar-refractivity contribution in [2.45, 2.75) is 32.4 Å². The first-order chi connectivity index (χ1) is 8.72. The van der Waals surface area contributed by atoms with Crippen molar-refractivity contribution in [3.63, 3.8) is 0 Å². The molecule has 0 aliphatic rings. The third-order valence-corrected chi connectivity index (χ3v) is 3.25. The first-order valence-corrected chi connectivity index (χ1v) is 6.51. The molecule has 0 saturated carbocycles. The van der Waals surface area contributed by atoms with Gasteiger partial charge in [0.1, 0.15) is 0 Å². The van der Waals surface area contributed by atoms with Gasteiger partial charge in [0, 0.05) is 19.0 Å². The van der Waals surface area contributed by atoms with E-state index >= 15 is 0 Å². The van der Waals surface area contributed by atoms with Gasteiger partial charge in [-0.25, -0.2) is 0 Å². The van der Waals surface area contributed by atoms with E-state index in [2.05, 4.69) is 22.5 Å². The van der Waals surface area contributed by atoms with E-state index in [1.54, 1.807) is 0 Å². The monoisotopic (exact) mass is 247 g/mol. The van der Waals surface area contributed by atoms with E-state index in [1.165, 1.54) is 5.39 Å². The molecule has 0 aliphatic heterocycles. The Hall–Kier alpha value is -1.39. The van der Waals surface area contributed by atoms with Gasteiger partial charge in [-0.2, -0.15) is 5.10 Å². The Bertz CT molecular complexity index is 507. The molecule has 0 amide bonds. The fraction of sp³-hybridized carbons (Fsp3) is 0.500. The van der Waals surface area contributed by atoms with E-state index in [0.717, 1.165) is 37.1 Å². The molecule has 1 aromatic carbocycles. The molecule has 98 valence electrons. The second-order valence-electron chi connectivity index (χ2n) is 4.61. The second-order valence-corrected chi connectivity index (χ2v) is 4.61. The molecule has 1 unspecified atom stereocenters. The molecule has 0 fully saturated rings. The number of aryl methyl sites for hydroxylation is 1. The summed E-state index contributed by atoms with van der Waals surface area (Å²) in [4.78, 5) is 0. The molecule has 1 atom stereocenters. The number of fused-ring (bicyclic) bond motifs is 1. The van der Waals surface area contributed by atoms with Gasteiger partial charge in [-0.15, -0.1) is 0 Å². The van der Waals surface area contributed by atoms with Crippen LogP contribution >= 0.6 is 0 Å². The lowest BCUT2D eigenvalue weighted by molar-refractivity contribution is 0.159. The Kier molecular flexibility index (Phi) is 4.33. The van der Waals surface area contributed by atoms with Gasteiger partial charge in [0.2, 0.25) is 0 Å². The van der Waals surface area contributed by atoms with Crippen LogP contribution in [0.4, 0.5) is 0 Å². The number of benzene rings is 1. The van der Waals surface area contributed by atoms with Crippen LogP contribution in [0.3, 0.4) is 0 Å². The number of rotatable bonds is 6. The van der Waals surface area contributed by atoms with Crippen molar-refractivity contribution in [3.05, 3.63) is 30.0 Å². The van der Waals surface area contributed by atoms with Crippen molar-refractivity contribution in [3.8, 4) is 0 Å². The summed E-state index contributed by atoms with van der Waals surface area (Å²) in [5.41, 5.74) is 2.22. The van der Waals surface area contributed by atoms with Crippen LogP contribution in [0.1, 0.15) is 25.5 Å². The van der Waals surface area contributed by atoms with Crippen molar-refractivity contribution >= 4 is 10.9 Å². The Morgan fingerprint density at radius 3 is 2.94 bits per heavy atom. The fourth-order valence-corrected chi connectivity index (χ4v) is 2.10. The van der Waals surface area contributed by atoms with E-state index in [4.69, 9.17) is 0 Å². The van der Waals surface area contributed by atoms with Crippen molar-refractivity contribution < 1.29 is 5.11 Å². The highest BCUT2D eigenvalue weighted by atomic mass is 16.3. The molecule has 1 aromatic heterocycles. The molecule has 18 heavy (non-hydrogen) atoms. The highest BCUT2D eigenvalue weighted by molar-refractivity contribution is 5.81. The highest BCUT2D eigenvalue weighted by Gasteiger charge is 2.07. The SMILES string of the molecule is CCC(O)CCNCc1nn(C)c2ccccc12. The van der Waals surface area contributed by atoms with Gasteiger partial charge >= 0.3 is 0 Å². The molecule has 1 heterocycles. The van der Waals surface area contributed by atoms with Crippen LogP contribution in [0.5, 0.6) is 0 Å². The molecular formula is C14H21N3O. The molecule has 4 heteroatoms. The summed E-state index contributed by atoms with van der Waals surface area (Å²) in [6.07, 6.45) is 1.41. The van der Waals surface area contributed by atoms with Crippen molar-refractivity contribution in [2.24, 2.45) is 7.05 Å². The summed E-state index contributed by atoms with van der Waals surface area (Å²) in [6, 6.07) is 8.24. The minimum atomic E-state index is -0.196. The maximum atomic E-state index is 9.47. The van der Waals surface area contributed by atoms with Gasteiger partial charge in [-0.05, 0) is 25.5 Å². The van der Waals surface area contributed by atoms with Gasteiger partial charge in [0.15, 0.2) is 0 Å². The average Bonchev–Trinajstić information content (AvgIpc) is 2.72. The molecule has 2 aromatic rings. The molecular weight excluding hydrogens is 226 g/mol. The number of aliphatic hydroxyl groups is 1. The smallest absolute Gasteiger partial charge is 0.0841 e. The number of nitrogens with zero attached hydrogens (tertiary/aromatic N) is 2. The van der Waals surface area contributed by atoms with Crippen LogP contribution in [-0.4, -0.2) is 27.5 Å². The van der Waals surface area contributed by atoms with E-state index in [9.17, 15) is 5.11 Å². The first kappa shape index (κ1) is 13.1. The maximum absolute atomic E-state index is 9.47. The number of aromatic nitrogens is 2. The number of hydrogen-bond donors (Lipinski definition) is 2. The Balaban J connectivity index is 1.96. The van der Waals surface area contributed by atoms with Crippen LogP contribution in [-0.2, 0) is 13.6 Å². The summed E-state index contributed by atoms with van der Waals surface area (Å²) in [5.74, 6) is 0. The minimum absolute atomic E-state index is 0.196. The zero-order valence-electron chi connectivity index (χ0n) is 11.1. The Morgan fingerprint density at radius 2 is 2.17 bits per heavy atom. The molecule has 0 bridgehead atoms. The molecule has 0 spiro atoms. The standard InChI is InChI=1S/C14H21N3O/c1-3-11(18)8-9-15-10-13-12-6-4-5-7-14(12)17(2)16-13/h4-7,11,15,18H,3,8-10H2,1-2H3. The van der Waals surface area contributed by atoms with Crippen molar-refractivity contribution in [1.29, 1.82) is 0 Å². The lowest BCUT2D eigenvalue weighted by atomic mass is 10.2. The molecule has 2 N–H and O–H groups in total. The number of hydrogen-bond acceptors (Lipinski definition) is 3. The molecule has 0 saturated heterocycles. The Morgan fingerprint density at radius 1 is 1.39 bits per heavy atom. The third kappa shape index (κ3) is 2.89. The lowest BCUT2D eigenvalue weighted by Crippen LogP contribution is -2.20. The van der Waals surface area contributed by atoms with Gasteiger partial charge < -0.3 is 10.4 Å². The second kappa shape index (κ2) is 5.98. The fourth-order valence-electron chi connectivity index (χ4n) is 2.10. The predicted molar refractivity (Wildman–Crippen MR) is 73.3 cm³/mol. The third-order valence-electron chi connectivity index (χ3n) is 3.25. The van der Waals surface area contributed by atoms with Gasteiger partial charge in [0.25, 0.3) is 0 Å². The van der Waals surface area contributed by atoms with E-state index in [0.29, 0.717) is 0 Å². The van der Waals surface area contributed by atoms with Crippen LogP contribution in [0, 0.1) is 0 Å². The van der Waals surface area contributed by atoms with Crippen molar-refractivity contribution in [1.82, 2.24) is 15.1 Å². The van der Waals surface area contributed by atoms with Crippen LogP contribution in [0.25, 0.3) is 10.9 Å². The molecule has 4 nitrogen and oxygen atoms in total. The first-order valence-electron chi connectivity index (χ1n) is 6.51. The van der Waals surface area contributed by atoms with Crippen LogP contribution in [0.15, 0.2) is 24.3 Å². The van der Waals surface area contributed by atoms with E-state index < -0.39 is 0 Å². The largest absolute Gasteiger partial charge is 0.393 e. The summed E-state index contributed by atoms with van der Waals surface area (Å²) >= 11 is 0. The normalized spacial score (nSPS) is 13.1. The molecule has 2 rings (SSSR count). The number of nitrogens with one attached hydrogen (secondary N) is 1. The zero-order chi connectivity index (χ0) is 13.0. The van der Waals surface area contributed by atoms with Gasteiger partial charge in [-0.1, -0.05) is 25.1 Å². The van der Waals surface area contributed by atoms with Crippen LogP contribution < -0.4 is 5.32 Å². The molecule has 0 radical (unpaired) electrons. The van der Waals surface area contributed by atoms with Gasteiger partial charge in [0.05, 0.1) is 17.3 Å². The van der Waals surface area contributed by atoms with E-state index in [1.807, 2.05) is 30.8 Å². The maximum Gasteiger partial charge on any atom is 0.0841 e. The number of para-hydroxylation sites is 1. The quantitative estimate of drug-likeness (QED) is 0.766. The number of aliphatic hydroxyl groups excluding tert-OH is 1. The summed E-state index contributed by atoms with van der Waals surface area (Å²) in [7, 11) is 1.96. The zero-order valence-corrected chi connectivity index (χ0v) is 11.1. The van der Waals surface area contributed by atoms with Crippen molar-refractivity contribution in [2.75, 3.05) is 6.54 Å². The van der Waals surface area contributed by atoms with Gasteiger partial charge in [-0.3, -0.25) is 4.68 Å². The topological polar surface area (TPSA) is 50.1 Å². The summed E-state index contributed by atoms with van der Waals surface area (Å²) in [5, 5.41) is 18.5. The van der Waals surface area contributed by atoms with E-state index in [-0.39, 0.29) is 6.10 Å². The molecule has 0 aliphatic carbocycles. The lowest BCUT2D eigenvalue weighted by Gasteiger charge is -2.07. The van der Waals surface area contributed by atoms with Crippen LogP contribution in [0.2, 0.25) is 0 Å². The summed E-state index contributed by atoms with van der Waals surface area (Å²) < 4.78 is 1.91.